The first-order valence-electron chi connectivity index (χ1n) is 5.37. The molecule has 0 aliphatic carbocycles. The lowest BCUT2D eigenvalue weighted by atomic mass is 10.2. The molecule has 0 bridgehead atoms. The fraction of sp³-hybridized carbons (Fsp3) is 0.385. The first-order chi connectivity index (χ1) is 7.86. The Hall–Kier alpha value is -1.32. The molecule has 0 radical (unpaired) electrons. The molecule has 1 aromatic rings. The molecule has 0 amide bonds. The minimum Gasteiger partial charge on any atom is -0.497 e. The largest absolute Gasteiger partial charge is 0.497 e. The van der Waals surface area contributed by atoms with Crippen LogP contribution in [0.2, 0.25) is 0 Å². The minimum atomic E-state index is 0.746. The highest BCUT2D eigenvalue weighted by molar-refractivity contribution is 5.50. The smallest absolute Gasteiger partial charge is 0.118 e. The average Bonchev–Trinajstić information content (AvgIpc) is 2.34. The van der Waals surface area contributed by atoms with E-state index in [1.807, 2.05) is 24.3 Å². The molecule has 16 heavy (non-hydrogen) atoms. The predicted molar refractivity (Wildman–Crippen MR) is 66.8 cm³/mol. The maximum absolute atomic E-state index is 5.09. The third-order valence-corrected chi connectivity index (χ3v) is 2.17. The van der Waals surface area contributed by atoms with Crippen molar-refractivity contribution < 1.29 is 9.47 Å². The molecule has 0 saturated heterocycles. The van der Waals surface area contributed by atoms with Crippen LogP contribution in [0.5, 0.6) is 5.75 Å². The standard InChI is InChI=1S/C13H19NO2/c1-15-11-10-14-9-3-4-12-5-7-13(16-2)8-6-12/h3-8,14H,9-11H2,1-2H3. The van der Waals surface area contributed by atoms with Gasteiger partial charge in [-0.1, -0.05) is 24.3 Å². The number of rotatable bonds is 7. The van der Waals surface area contributed by atoms with Gasteiger partial charge < -0.3 is 14.8 Å². The van der Waals surface area contributed by atoms with Crippen LogP contribution in [0.25, 0.3) is 6.08 Å². The van der Waals surface area contributed by atoms with E-state index in [0.717, 1.165) is 25.4 Å². The van der Waals surface area contributed by atoms with Gasteiger partial charge in [-0.2, -0.15) is 0 Å². The van der Waals surface area contributed by atoms with Gasteiger partial charge >= 0.3 is 0 Å². The fourth-order valence-electron chi connectivity index (χ4n) is 1.27. The summed E-state index contributed by atoms with van der Waals surface area (Å²) in [4.78, 5) is 0. The van der Waals surface area contributed by atoms with Gasteiger partial charge in [0.25, 0.3) is 0 Å². The molecule has 0 saturated carbocycles. The molecule has 88 valence electrons. The Bertz CT molecular complexity index is 306. The van der Waals surface area contributed by atoms with Gasteiger partial charge in [0, 0.05) is 20.2 Å². The highest BCUT2D eigenvalue weighted by Crippen LogP contribution is 2.11. The van der Waals surface area contributed by atoms with E-state index in [2.05, 4.69) is 17.5 Å². The van der Waals surface area contributed by atoms with Crippen LogP contribution in [0.15, 0.2) is 30.3 Å². The Morgan fingerprint density at radius 3 is 2.56 bits per heavy atom. The zero-order chi connectivity index (χ0) is 11.6. The van der Waals surface area contributed by atoms with E-state index in [4.69, 9.17) is 9.47 Å². The Morgan fingerprint density at radius 1 is 1.19 bits per heavy atom. The zero-order valence-corrected chi connectivity index (χ0v) is 9.90. The van der Waals surface area contributed by atoms with E-state index < -0.39 is 0 Å². The summed E-state index contributed by atoms with van der Waals surface area (Å²) >= 11 is 0. The van der Waals surface area contributed by atoms with Crippen LogP contribution in [0.3, 0.4) is 0 Å². The molecule has 0 atom stereocenters. The minimum absolute atomic E-state index is 0.746. The molecular formula is C13H19NO2. The summed E-state index contributed by atoms with van der Waals surface area (Å²) in [6.07, 6.45) is 4.18. The van der Waals surface area contributed by atoms with Crippen molar-refractivity contribution in [1.82, 2.24) is 5.32 Å². The number of nitrogens with one attached hydrogen (secondary N) is 1. The first-order valence-corrected chi connectivity index (χ1v) is 5.37. The average molecular weight is 221 g/mol. The summed E-state index contributed by atoms with van der Waals surface area (Å²) < 4.78 is 10.0. The molecule has 0 heterocycles. The van der Waals surface area contributed by atoms with Gasteiger partial charge in [0.05, 0.1) is 13.7 Å². The maximum Gasteiger partial charge on any atom is 0.118 e. The normalized spacial score (nSPS) is 10.9. The summed E-state index contributed by atoms with van der Waals surface area (Å²) in [5.74, 6) is 0.885. The Balaban J connectivity index is 2.27. The third kappa shape index (κ3) is 4.96. The number of hydrogen-bond acceptors (Lipinski definition) is 3. The van der Waals surface area contributed by atoms with Gasteiger partial charge in [-0.25, -0.2) is 0 Å². The highest BCUT2D eigenvalue weighted by atomic mass is 16.5. The van der Waals surface area contributed by atoms with Gasteiger partial charge in [0.15, 0.2) is 0 Å². The molecule has 1 aromatic carbocycles. The third-order valence-electron chi connectivity index (χ3n) is 2.17. The topological polar surface area (TPSA) is 30.5 Å². The summed E-state index contributed by atoms with van der Waals surface area (Å²) in [6, 6.07) is 7.98. The van der Waals surface area contributed by atoms with Crippen LogP contribution in [0, 0.1) is 0 Å². The van der Waals surface area contributed by atoms with E-state index in [9.17, 15) is 0 Å². The SMILES string of the molecule is COCCNCC=Cc1ccc(OC)cc1. The van der Waals surface area contributed by atoms with Crippen molar-refractivity contribution in [1.29, 1.82) is 0 Å². The van der Waals surface area contributed by atoms with Crippen molar-refractivity contribution in [3.05, 3.63) is 35.9 Å². The summed E-state index contributed by atoms with van der Waals surface area (Å²) in [7, 11) is 3.37. The van der Waals surface area contributed by atoms with Gasteiger partial charge in [-0.15, -0.1) is 0 Å². The molecule has 0 aromatic heterocycles. The van der Waals surface area contributed by atoms with Gasteiger partial charge in [0.1, 0.15) is 5.75 Å². The molecule has 0 fully saturated rings. The van der Waals surface area contributed by atoms with Crippen LogP contribution in [-0.2, 0) is 4.74 Å². The van der Waals surface area contributed by atoms with E-state index in [-0.39, 0.29) is 0 Å². The monoisotopic (exact) mass is 221 g/mol. The van der Waals surface area contributed by atoms with Crippen LogP contribution in [0.1, 0.15) is 5.56 Å². The van der Waals surface area contributed by atoms with E-state index in [0.29, 0.717) is 0 Å². The second-order valence-corrected chi connectivity index (χ2v) is 3.37. The van der Waals surface area contributed by atoms with Crippen molar-refractivity contribution in [3.63, 3.8) is 0 Å². The summed E-state index contributed by atoms with van der Waals surface area (Å²) in [6.45, 7) is 2.48. The molecule has 0 spiro atoms. The van der Waals surface area contributed by atoms with Gasteiger partial charge in [0.2, 0.25) is 0 Å². The number of hydrogen-bond donors (Lipinski definition) is 1. The van der Waals surface area contributed by atoms with Crippen molar-refractivity contribution in [2.75, 3.05) is 33.9 Å². The molecule has 1 rings (SSSR count). The highest BCUT2D eigenvalue weighted by Gasteiger charge is 1.89. The molecule has 3 heteroatoms. The van der Waals surface area contributed by atoms with E-state index in [1.54, 1.807) is 14.2 Å². The molecule has 1 N–H and O–H groups in total. The first kappa shape index (κ1) is 12.7. The van der Waals surface area contributed by atoms with E-state index in [1.165, 1.54) is 5.56 Å². The maximum atomic E-state index is 5.09. The Morgan fingerprint density at radius 2 is 1.94 bits per heavy atom. The predicted octanol–water partition coefficient (Wildman–Crippen LogP) is 1.94. The lowest BCUT2D eigenvalue weighted by Gasteiger charge is -2.00. The molecule has 0 unspecified atom stereocenters. The van der Waals surface area contributed by atoms with Crippen molar-refractivity contribution in [2.24, 2.45) is 0 Å². The van der Waals surface area contributed by atoms with Crippen LogP contribution in [-0.4, -0.2) is 33.9 Å². The fourth-order valence-corrected chi connectivity index (χ4v) is 1.27. The second-order valence-electron chi connectivity index (χ2n) is 3.37. The second kappa shape index (κ2) is 7.91. The lowest BCUT2D eigenvalue weighted by molar-refractivity contribution is 0.200. The Kier molecular flexibility index (Phi) is 6.30. The zero-order valence-electron chi connectivity index (χ0n) is 9.90. The van der Waals surface area contributed by atoms with Crippen LogP contribution in [0.4, 0.5) is 0 Å². The number of benzene rings is 1. The summed E-state index contributed by atoms with van der Waals surface area (Å²) in [5, 5.41) is 3.24. The number of methoxy groups -OCH3 is 2. The molecule has 3 nitrogen and oxygen atoms in total. The quantitative estimate of drug-likeness (QED) is 0.714. The van der Waals surface area contributed by atoms with Crippen molar-refractivity contribution >= 4 is 6.08 Å². The Labute approximate surface area is 97.1 Å². The van der Waals surface area contributed by atoms with Gasteiger partial charge in [-0.3, -0.25) is 0 Å². The van der Waals surface area contributed by atoms with Gasteiger partial charge in [-0.05, 0) is 17.7 Å². The molecule has 0 aliphatic heterocycles. The summed E-state index contributed by atoms with van der Waals surface area (Å²) in [5.41, 5.74) is 1.18. The van der Waals surface area contributed by atoms with Crippen molar-refractivity contribution in [2.45, 2.75) is 0 Å². The van der Waals surface area contributed by atoms with Crippen LogP contribution < -0.4 is 10.1 Å². The van der Waals surface area contributed by atoms with E-state index >= 15 is 0 Å². The number of ether oxygens (including phenoxy) is 2. The molecule has 0 aliphatic rings. The lowest BCUT2D eigenvalue weighted by Crippen LogP contribution is -2.18. The molecular weight excluding hydrogens is 202 g/mol. The van der Waals surface area contributed by atoms with Crippen LogP contribution >= 0.6 is 0 Å². The van der Waals surface area contributed by atoms with Crippen molar-refractivity contribution in [3.8, 4) is 5.75 Å².